The molecule has 0 spiro atoms. The third kappa shape index (κ3) is 3.81. The van der Waals surface area contributed by atoms with Crippen LogP contribution in [-0.2, 0) is 17.7 Å². The van der Waals surface area contributed by atoms with Gasteiger partial charge in [0.1, 0.15) is 16.6 Å². The second-order valence-corrected chi connectivity index (χ2v) is 7.13. The highest BCUT2D eigenvalue weighted by molar-refractivity contribution is 7.17. The minimum atomic E-state index is -1.02. The van der Waals surface area contributed by atoms with E-state index in [9.17, 15) is 23.2 Å². The number of ether oxygens (including phenoxy) is 1. The van der Waals surface area contributed by atoms with E-state index in [-0.39, 0.29) is 29.3 Å². The maximum atomic E-state index is 13.9. The van der Waals surface area contributed by atoms with Crippen molar-refractivity contribution in [3.63, 3.8) is 0 Å². The fourth-order valence-corrected chi connectivity index (χ4v) is 4.23. The molecule has 1 aliphatic heterocycles. The minimum absolute atomic E-state index is 0.138. The first kappa shape index (κ1) is 19.7. The molecule has 0 atom stereocenters. The smallest absolute Gasteiger partial charge is 0.410 e. The number of amides is 3. The van der Waals surface area contributed by atoms with E-state index in [2.05, 4.69) is 5.32 Å². The van der Waals surface area contributed by atoms with Crippen molar-refractivity contribution in [2.24, 2.45) is 5.73 Å². The average molecular weight is 409 g/mol. The summed E-state index contributed by atoms with van der Waals surface area (Å²) in [5.41, 5.74) is 5.90. The maximum Gasteiger partial charge on any atom is 0.410 e. The van der Waals surface area contributed by atoms with E-state index in [0.29, 0.717) is 29.5 Å². The Hall–Kier alpha value is -3.01. The molecule has 0 saturated heterocycles. The molecule has 148 valence electrons. The fourth-order valence-electron chi connectivity index (χ4n) is 2.97. The molecule has 3 amide bonds. The van der Waals surface area contributed by atoms with Crippen molar-refractivity contribution < 1.29 is 27.9 Å². The number of thiophene rings is 1. The Morgan fingerprint density at radius 3 is 2.71 bits per heavy atom. The molecular weight excluding hydrogens is 392 g/mol. The zero-order valence-corrected chi connectivity index (χ0v) is 15.7. The van der Waals surface area contributed by atoms with Crippen molar-refractivity contribution in [2.45, 2.75) is 19.9 Å². The third-order valence-corrected chi connectivity index (χ3v) is 5.36. The molecule has 1 aliphatic rings. The normalized spacial score (nSPS) is 13.0. The van der Waals surface area contributed by atoms with Gasteiger partial charge in [0, 0.05) is 17.5 Å². The van der Waals surface area contributed by atoms with E-state index >= 15 is 0 Å². The molecule has 28 heavy (non-hydrogen) atoms. The molecule has 3 rings (SSSR count). The monoisotopic (exact) mass is 409 g/mol. The van der Waals surface area contributed by atoms with Crippen LogP contribution in [0, 0.1) is 11.6 Å². The van der Waals surface area contributed by atoms with E-state index in [1.54, 1.807) is 6.92 Å². The lowest BCUT2D eigenvalue weighted by molar-refractivity contribution is 0.0997. The Morgan fingerprint density at radius 2 is 2.07 bits per heavy atom. The summed E-state index contributed by atoms with van der Waals surface area (Å²) in [6.45, 7) is 2.48. The molecule has 0 saturated carbocycles. The number of halogens is 2. The fraction of sp³-hybridized carbons (Fsp3) is 0.278. The van der Waals surface area contributed by atoms with Crippen molar-refractivity contribution in [1.29, 1.82) is 0 Å². The van der Waals surface area contributed by atoms with E-state index in [0.717, 1.165) is 23.5 Å². The van der Waals surface area contributed by atoms with Crippen LogP contribution < -0.4 is 11.1 Å². The number of carbonyl (C=O) groups excluding carboxylic acids is 3. The standard InChI is InChI=1S/C18H17F2N3O4S/c1-2-27-18(26)23-6-5-11-13(8-23)28-17(14(11)15(21)24)22-16(25)10-4-3-9(19)7-12(10)20/h3-4,7H,2,5-6,8H2,1H3,(H2,21,24)(H,22,25). The number of primary amides is 1. The largest absolute Gasteiger partial charge is 0.450 e. The summed E-state index contributed by atoms with van der Waals surface area (Å²) < 4.78 is 31.9. The molecule has 0 unspecified atom stereocenters. The lowest BCUT2D eigenvalue weighted by Crippen LogP contribution is -2.36. The lowest BCUT2D eigenvalue weighted by Gasteiger charge is -2.26. The number of nitrogens with zero attached hydrogens (tertiary/aromatic N) is 1. The third-order valence-electron chi connectivity index (χ3n) is 4.23. The molecule has 7 nitrogen and oxygen atoms in total. The van der Waals surface area contributed by atoms with Crippen LogP contribution in [-0.4, -0.2) is 36.0 Å². The van der Waals surface area contributed by atoms with Gasteiger partial charge in [-0.1, -0.05) is 0 Å². The Labute approximate surface area is 163 Å². The molecule has 10 heteroatoms. The number of hydrogen-bond donors (Lipinski definition) is 2. The van der Waals surface area contributed by atoms with Gasteiger partial charge < -0.3 is 20.7 Å². The van der Waals surface area contributed by atoms with E-state index in [1.807, 2.05) is 0 Å². The number of carbonyl (C=O) groups is 3. The first-order valence-corrected chi connectivity index (χ1v) is 9.25. The Kier molecular flexibility index (Phi) is 5.59. The second kappa shape index (κ2) is 7.93. The van der Waals surface area contributed by atoms with Gasteiger partial charge in [0.05, 0.1) is 24.3 Å². The van der Waals surface area contributed by atoms with Gasteiger partial charge in [0.25, 0.3) is 11.8 Å². The van der Waals surface area contributed by atoms with Gasteiger partial charge in [-0.2, -0.15) is 0 Å². The first-order chi connectivity index (χ1) is 13.3. The zero-order chi connectivity index (χ0) is 20.4. The van der Waals surface area contributed by atoms with E-state index < -0.39 is 29.5 Å². The molecule has 0 bridgehead atoms. The van der Waals surface area contributed by atoms with E-state index in [4.69, 9.17) is 10.5 Å². The summed E-state index contributed by atoms with van der Waals surface area (Å²) in [5.74, 6) is -3.40. The molecule has 1 aromatic heterocycles. The molecule has 1 aromatic carbocycles. The summed E-state index contributed by atoms with van der Waals surface area (Å²) in [4.78, 5) is 38.4. The molecule has 3 N–H and O–H groups in total. The van der Waals surface area contributed by atoms with Crippen molar-refractivity contribution in [3.8, 4) is 0 Å². The first-order valence-electron chi connectivity index (χ1n) is 8.44. The number of benzene rings is 1. The second-order valence-electron chi connectivity index (χ2n) is 6.02. The van der Waals surface area contributed by atoms with Gasteiger partial charge in [0.2, 0.25) is 0 Å². The lowest BCUT2D eigenvalue weighted by atomic mass is 10.0. The van der Waals surface area contributed by atoms with Crippen LogP contribution in [0.1, 0.15) is 38.1 Å². The summed E-state index contributed by atoms with van der Waals surface area (Å²) in [6, 6.07) is 2.57. The number of fused-ring (bicyclic) bond motifs is 1. The number of nitrogens with one attached hydrogen (secondary N) is 1. The molecule has 2 heterocycles. The van der Waals surface area contributed by atoms with Gasteiger partial charge in [-0.05, 0) is 31.0 Å². The molecular formula is C18H17F2N3O4S. The van der Waals surface area contributed by atoms with Gasteiger partial charge in [-0.15, -0.1) is 11.3 Å². The van der Waals surface area contributed by atoms with Gasteiger partial charge in [-0.3, -0.25) is 9.59 Å². The highest BCUT2D eigenvalue weighted by Gasteiger charge is 2.30. The highest BCUT2D eigenvalue weighted by Crippen LogP contribution is 2.37. The summed E-state index contributed by atoms with van der Waals surface area (Å²) in [5, 5.41) is 2.64. The number of hydrogen-bond acceptors (Lipinski definition) is 5. The predicted octanol–water partition coefficient (Wildman–Crippen LogP) is 2.89. The van der Waals surface area contributed by atoms with Crippen LogP contribution >= 0.6 is 11.3 Å². The van der Waals surface area contributed by atoms with Crippen molar-refractivity contribution in [3.05, 3.63) is 51.4 Å². The van der Waals surface area contributed by atoms with Crippen LogP contribution in [0.5, 0.6) is 0 Å². The van der Waals surface area contributed by atoms with Gasteiger partial charge in [-0.25, -0.2) is 13.6 Å². The Morgan fingerprint density at radius 1 is 1.32 bits per heavy atom. The zero-order valence-electron chi connectivity index (χ0n) is 14.9. The predicted molar refractivity (Wildman–Crippen MR) is 98.3 cm³/mol. The molecule has 0 radical (unpaired) electrons. The van der Waals surface area contributed by atoms with Crippen LogP contribution in [0.25, 0.3) is 0 Å². The highest BCUT2D eigenvalue weighted by atomic mass is 32.1. The van der Waals surface area contributed by atoms with Crippen molar-refractivity contribution in [2.75, 3.05) is 18.5 Å². The summed E-state index contributed by atoms with van der Waals surface area (Å²) in [6.07, 6.45) is -0.106. The van der Waals surface area contributed by atoms with Crippen LogP contribution in [0.2, 0.25) is 0 Å². The molecule has 2 aromatic rings. The van der Waals surface area contributed by atoms with Crippen LogP contribution in [0.4, 0.5) is 18.6 Å². The van der Waals surface area contributed by atoms with Gasteiger partial charge in [0.15, 0.2) is 0 Å². The van der Waals surface area contributed by atoms with Crippen LogP contribution in [0.3, 0.4) is 0 Å². The quantitative estimate of drug-likeness (QED) is 0.811. The van der Waals surface area contributed by atoms with Crippen molar-refractivity contribution in [1.82, 2.24) is 4.90 Å². The Bertz CT molecular complexity index is 961. The molecule has 0 aliphatic carbocycles. The maximum absolute atomic E-state index is 13.9. The van der Waals surface area contributed by atoms with Crippen LogP contribution in [0.15, 0.2) is 18.2 Å². The average Bonchev–Trinajstić information content (AvgIpc) is 2.98. The SMILES string of the molecule is CCOC(=O)N1CCc2c(sc(NC(=O)c3ccc(F)cc3F)c2C(N)=O)C1. The summed E-state index contributed by atoms with van der Waals surface area (Å²) >= 11 is 1.08. The molecule has 0 fully saturated rings. The van der Waals surface area contributed by atoms with E-state index in [1.165, 1.54) is 4.90 Å². The number of anilines is 1. The van der Waals surface area contributed by atoms with Crippen molar-refractivity contribution >= 4 is 34.2 Å². The van der Waals surface area contributed by atoms with Gasteiger partial charge >= 0.3 is 6.09 Å². The summed E-state index contributed by atoms with van der Waals surface area (Å²) in [7, 11) is 0. The number of nitrogens with two attached hydrogens (primary N) is 1. The minimum Gasteiger partial charge on any atom is -0.450 e. The topological polar surface area (TPSA) is 102 Å². The Balaban J connectivity index is 1.89. The number of rotatable bonds is 4.